The first-order chi connectivity index (χ1) is 9.17. The Morgan fingerprint density at radius 2 is 2.53 bits per heavy atom. The van der Waals surface area contributed by atoms with E-state index in [-0.39, 0.29) is 11.9 Å². The number of nitrogen functional groups attached to an aromatic ring is 1. The predicted molar refractivity (Wildman–Crippen MR) is 73.0 cm³/mol. The molecule has 1 saturated heterocycles. The lowest BCUT2D eigenvalue weighted by Crippen LogP contribution is -2.48. The van der Waals surface area contributed by atoms with Gasteiger partial charge >= 0.3 is 0 Å². The summed E-state index contributed by atoms with van der Waals surface area (Å²) in [6, 6.07) is 1.68. The summed E-state index contributed by atoms with van der Waals surface area (Å²) >= 11 is 5.98. The van der Waals surface area contributed by atoms with Crippen LogP contribution in [0.25, 0.3) is 0 Å². The first-order valence-corrected chi connectivity index (χ1v) is 6.56. The number of pyridine rings is 1. The van der Waals surface area contributed by atoms with Gasteiger partial charge in [0, 0.05) is 12.7 Å². The Kier molecular flexibility index (Phi) is 4.57. The molecule has 0 spiro atoms. The van der Waals surface area contributed by atoms with Gasteiger partial charge in [-0.3, -0.25) is 4.79 Å². The zero-order valence-corrected chi connectivity index (χ0v) is 11.5. The lowest BCUT2D eigenvalue weighted by molar-refractivity contribution is -0.00281. The summed E-state index contributed by atoms with van der Waals surface area (Å²) in [7, 11) is 0. The average Bonchev–Trinajstić information content (AvgIpc) is 2.46. The number of hydrogen-bond donors (Lipinski definition) is 2. The Bertz CT molecular complexity index is 469. The molecule has 2 heterocycles. The molecule has 1 aliphatic rings. The van der Waals surface area contributed by atoms with E-state index in [1.54, 1.807) is 6.07 Å². The molecular weight excluding hydrogens is 268 g/mol. The van der Waals surface area contributed by atoms with Crippen molar-refractivity contribution in [2.24, 2.45) is 5.84 Å². The van der Waals surface area contributed by atoms with Crippen molar-refractivity contribution in [2.45, 2.75) is 19.4 Å². The van der Waals surface area contributed by atoms with E-state index in [9.17, 15) is 4.79 Å². The molecule has 1 fully saturated rings. The Labute approximate surface area is 116 Å². The van der Waals surface area contributed by atoms with Gasteiger partial charge in [-0.25, -0.2) is 10.8 Å². The van der Waals surface area contributed by atoms with Gasteiger partial charge in [0.2, 0.25) is 0 Å². The highest BCUT2D eigenvalue weighted by Crippen LogP contribution is 2.21. The van der Waals surface area contributed by atoms with E-state index in [0.29, 0.717) is 36.2 Å². The van der Waals surface area contributed by atoms with Gasteiger partial charge in [0.25, 0.3) is 5.91 Å². The molecule has 0 aliphatic carbocycles. The van der Waals surface area contributed by atoms with E-state index in [2.05, 4.69) is 10.4 Å². The Balaban J connectivity index is 2.20. The molecule has 1 aliphatic heterocycles. The van der Waals surface area contributed by atoms with Gasteiger partial charge < -0.3 is 15.1 Å². The van der Waals surface area contributed by atoms with Crippen LogP contribution in [0.15, 0.2) is 12.3 Å². The summed E-state index contributed by atoms with van der Waals surface area (Å²) in [5, 5.41) is 0.328. The van der Waals surface area contributed by atoms with E-state index >= 15 is 0 Å². The number of halogens is 1. The van der Waals surface area contributed by atoms with Crippen molar-refractivity contribution in [3.05, 3.63) is 22.8 Å². The topological polar surface area (TPSA) is 80.5 Å². The maximum atomic E-state index is 12.4. The number of rotatable bonds is 3. The van der Waals surface area contributed by atoms with Crippen molar-refractivity contribution in [3.63, 3.8) is 0 Å². The van der Waals surface area contributed by atoms with Gasteiger partial charge in [-0.15, -0.1) is 0 Å². The summed E-state index contributed by atoms with van der Waals surface area (Å²) in [6.07, 6.45) is 2.33. The zero-order chi connectivity index (χ0) is 13.8. The minimum absolute atomic E-state index is 0.0758. The highest BCUT2D eigenvalue weighted by molar-refractivity contribution is 6.33. The van der Waals surface area contributed by atoms with Crippen LogP contribution < -0.4 is 11.3 Å². The number of hydrogen-bond acceptors (Lipinski definition) is 5. The van der Waals surface area contributed by atoms with Crippen LogP contribution in [0, 0.1) is 0 Å². The fraction of sp³-hybridized carbons (Fsp3) is 0.500. The van der Waals surface area contributed by atoms with Crippen molar-refractivity contribution in [1.82, 2.24) is 9.88 Å². The number of carbonyl (C=O) groups is 1. The predicted octanol–water partition coefficient (Wildman–Crippen LogP) is 1.27. The van der Waals surface area contributed by atoms with E-state index in [0.717, 1.165) is 6.42 Å². The molecule has 2 rings (SSSR count). The molecule has 6 nitrogen and oxygen atoms in total. The zero-order valence-electron chi connectivity index (χ0n) is 10.7. The summed E-state index contributed by atoms with van der Waals surface area (Å²) in [4.78, 5) is 18.3. The van der Waals surface area contributed by atoms with E-state index in [1.807, 2.05) is 11.8 Å². The minimum atomic E-state index is -0.0758. The number of aromatic nitrogens is 1. The maximum absolute atomic E-state index is 12.4. The molecule has 1 amide bonds. The number of nitrogens with zero attached hydrogens (tertiary/aromatic N) is 2. The van der Waals surface area contributed by atoms with Crippen molar-refractivity contribution in [2.75, 3.05) is 25.2 Å². The SMILES string of the molecule is CCC1COCCN1C(=O)c1cnc(NN)c(Cl)c1. The van der Waals surface area contributed by atoms with Gasteiger partial charge in [-0.05, 0) is 12.5 Å². The number of anilines is 1. The molecule has 0 saturated carbocycles. The smallest absolute Gasteiger partial charge is 0.255 e. The van der Waals surface area contributed by atoms with Crippen LogP contribution in [0.3, 0.4) is 0 Å². The second-order valence-electron chi connectivity index (χ2n) is 4.33. The lowest BCUT2D eigenvalue weighted by Gasteiger charge is -2.35. The third-order valence-corrected chi connectivity index (χ3v) is 3.47. The van der Waals surface area contributed by atoms with E-state index in [4.69, 9.17) is 22.2 Å². The molecular formula is C12H17ClN4O2. The summed E-state index contributed by atoms with van der Waals surface area (Å²) in [5.74, 6) is 5.53. The van der Waals surface area contributed by atoms with Crippen molar-refractivity contribution >= 4 is 23.3 Å². The Morgan fingerprint density at radius 3 is 3.16 bits per heavy atom. The molecule has 0 aromatic carbocycles. The number of hydrazine groups is 1. The number of ether oxygens (including phenoxy) is 1. The third-order valence-electron chi connectivity index (χ3n) is 3.18. The van der Waals surface area contributed by atoms with Crippen LogP contribution in [-0.4, -0.2) is 41.6 Å². The van der Waals surface area contributed by atoms with E-state index in [1.165, 1.54) is 6.20 Å². The second kappa shape index (κ2) is 6.18. The molecule has 3 N–H and O–H groups in total. The Hall–Kier alpha value is -1.37. The van der Waals surface area contributed by atoms with Crippen LogP contribution in [0.2, 0.25) is 5.02 Å². The molecule has 1 unspecified atom stereocenters. The highest BCUT2D eigenvalue weighted by atomic mass is 35.5. The largest absolute Gasteiger partial charge is 0.377 e. The standard InChI is InChI=1S/C12H17ClN4O2/c1-2-9-7-19-4-3-17(9)12(18)8-5-10(13)11(16-14)15-6-8/h5-6,9H,2-4,7,14H2,1H3,(H,15,16). The molecule has 19 heavy (non-hydrogen) atoms. The number of nitrogens with two attached hydrogens (primary N) is 1. The quantitative estimate of drug-likeness (QED) is 0.645. The van der Waals surface area contributed by atoms with Crippen LogP contribution in [0.4, 0.5) is 5.82 Å². The summed E-state index contributed by atoms with van der Waals surface area (Å²) in [5.41, 5.74) is 2.84. The minimum Gasteiger partial charge on any atom is -0.377 e. The first kappa shape index (κ1) is 14.0. The average molecular weight is 285 g/mol. The van der Waals surface area contributed by atoms with Crippen molar-refractivity contribution in [1.29, 1.82) is 0 Å². The molecule has 1 aromatic rings. The van der Waals surface area contributed by atoms with Crippen LogP contribution in [0.1, 0.15) is 23.7 Å². The Morgan fingerprint density at radius 1 is 1.74 bits per heavy atom. The van der Waals surface area contributed by atoms with Gasteiger partial charge in [0.05, 0.1) is 29.8 Å². The van der Waals surface area contributed by atoms with Gasteiger partial charge in [0.1, 0.15) is 0 Å². The molecule has 1 atom stereocenters. The molecule has 7 heteroatoms. The van der Waals surface area contributed by atoms with Crippen LogP contribution in [0.5, 0.6) is 0 Å². The maximum Gasteiger partial charge on any atom is 0.255 e. The fourth-order valence-corrected chi connectivity index (χ4v) is 2.31. The van der Waals surface area contributed by atoms with E-state index < -0.39 is 0 Å². The van der Waals surface area contributed by atoms with Crippen LogP contribution in [-0.2, 0) is 4.74 Å². The molecule has 1 aromatic heterocycles. The normalized spacial score (nSPS) is 19.3. The number of nitrogens with one attached hydrogen (secondary N) is 1. The van der Waals surface area contributed by atoms with Crippen molar-refractivity contribution in [3.8, 4) is 0 Å². The van der Waals surface area contributed by atoms with Crippen LogP contribution >= 0.6 is 11.6 Å². The third kappa shape index (κ3) is 2.97. The highest BCUT2D eigenvalue weighted by Gasteiger charge is 2.27. The molecule has 0 bridgehead atoms. The molecule has 104 valence electrons. The molecule has 0 radical (unpaired) electrons. The van der Waals surface area contributed by atoms with Crippen molar-refractivity contribution < 1.29 is 9.53 Å². The fourth-order valence-electron chi connectivity index (χ4n) is 2.09. The number of amides is 1. The van der Waals surface area contributed by atoms with Gasteiger partial charge in [-0.2, -0.15) is 0 Å². The first-order valence-electron chi connectivity index (χ1n) is 6.18. The van der Waals surface area contributed by atoms with Gasteiger partial charge in [-0.1, -0.05) is 18.5 Å². The second-order valence-corrected chi connectivity index (χ2v) is 4.74. The number of carbonyl (C=O) groups excluding carboxylic acids is 1. The monoisotopic (exact) mass is 284 g/mol. The summed E-state index contributed by atoms with van der Waals surface area (Å²) < 4.78 is 5.39. The lowest BCUT2D eigenvalue weighted by atomic mass is 10.1. The summed E-state index contributed by atoms with van der Waals surface area (Å²) in [6.45, 7) is 3.76. The number of morpholine rings is 1. The van der Waals surface area contributed by atoms with Gasteiger partial charge in [0.15, 0.2) is 5.82 Å².